The van der Waals surface area contributed by atoms with E-state index in [1.54, 1.807) is 93.0 Å². The molecule has 6 aromatic carbocycles. The Morgan fingerprint density at radius 1 is 0.487 bits per heavy atom. The highest BCUT2D eigenvalue weighted by Crippen LogP contribution is 2.41. The molecule has 3 fully saturated rings. The van der Waals surface area contributed by atoms with E-state index in [2.05, 4.69) is 89.4 Å². The molecule has 2 saturated heterocycles. The van der Waals surface area contributed by atoms with Crippen LogP contribution in [-0.4, -0.2) is 219 Å². The number of fused-ring (bicyclic) bond motifs is 3. The summed E-state index contributed by atoms with van der Waals surface area (Å²) in [5.74, 6) is 7.89. The SMILES string of the molecule is C=S(C)(=O)NCCN(c1cc(OC)cc(OC)c1)c1ccc2ncc(-c3cnn(C)c3)nc2c1.COc1cc(C(=O)N2CCCC2)cc(N(CCCN2CCCC2)c2ccc3ncc(-c4cnn(C)c4)nc3c2)c1.COc1cc(OC)cc(N(CC2CC2)c2ccc3ncc(-c4cnn(CCNS(=O)(=O)N(C)C)c4)nc3c2)c1. The van der Waals surface area contributed by atoms with E-state index in [1.165, 1.54) is 52.9 Å². The van der Waals surface area contributed by atoms with Gasteiger partial charge >= 0.3 is 0 Å². The Kier molecular flexibility index (Phi) is 25.4. The van der Waals surface area contributed by atoms with Crippen molar-refractivity contribution in [1.29, 1.82) is 0 Å². The van der Waals surface area contributed by atoms with Gasteiger partial charge in [-0.15, -0.1) is 0 Å². The van der Waals surface area contributed by atoms with Crippen molar-refractivity contribution in [3.05, 3.63) is 171 Å². The second kappa shape index (κ2) is 36.0. The fourth-order valence-electron chi connectivity index (χ4n) is 13.6. The minimum absolute atomic E-state index is 0.0696. The van der Waals surface area contributed by atoms with Crippen molar-refractivity contribution in [1.82, 2.24) is 82.8 Å². The van der Waals surface area contributed by atoms with Crippen LogP contribution < -0.4 is 47.8 Å². The number of amides is 1. The molecule has 1 amide bonds. The Morgan fingerprint density at radius 2 is 0.920 bits per heavy atom. The van der Waals surface area contributed by atoms with E-state index in [0.717, 1.165) is 163 Å². The third-order valence-electron chi connectivity index (χ3n) is 19.9. The molecule has 6 aromatic heterocycles. The summed E-state index contributed by atoms with van der Waals surface area (Å²) in [7, 11) is 9.11. The van der Waals surface area contributed by atoms with Gasteiger partial charge in [0.15, 0.2) is 0 Å². The van der Waals surface area contributed by atoms with Crippen molar-refractivity contribution >= 4 is 98.9 Å². The standard InChI is InChI=1S/C31H37N7O2.C27H33N7O4S.C24H28N6O3S/c1-35-22-24(20-33-35)30-21-32-28-9-8-25(19-29(28)34-30)38(15-7-12-36-10-3-4-11-36)26-16-23(17-27(18-26)40-2)31(39)37-13-5-6-14-37;1-32(2)39(35,36)30-9-10-33-18-20(15-29-33)27-16-28-25-8-7-21(13-26(25)31-27)34(17-19-5-6-19)22-11-23(37-3)14-24(12-22)38-4;1-29-16-17(14-26-29)24-15-25-22-7-6-18(12-23(22)28-24)30(9-8-27-34(4,5)31)19-10-20(32-2)13-21(11-19)33-3/h8-9,16-22H,3-7,10-15H2,1-2H3;7-8,11-16,18-19,30H,5-6,9-10,17H2,1-4H3;6-7,10-16H,4,8-9H2,1-3,5H3,(H,27,31). The van der Waals surface area contributed by atoms with Crippen molar-refractivity contribution in [2.75, 3.05) is 136 Å². The van der Waals surface area contributed by atoms with Crippen LogP contribution in [0.25, 0.3) is 66.9 Å². The van der Waals surface area contributed by atoms with Crippen LogP contribution in [0, 0.1) is 5.92 Å². The molecule has 15 rings (SSSR count). The Balaban J connectivity index is 0.000000149. The zero-order valence-electron chi connectivity index (χ0n) is 65.6. The summed E-state index contributed by atoms with van der Waals surface area (Å²) in [4.78, 5) is 53.0. The molecule has 0 spiro atoms. The summed E-state index contributed by atoms with van der Waals surface area (Å²) in [5, 5.41) is 12.9. The van der Waals surface area contributed by atoms with Gasteiger partial charge < -0.3 is 48.2 Å². The average molecular weight is 1570 g/mol. The fraction of sp³-hybridized carbons (Fsp3) is 0.354. The molecule has 113 heavy (non-hydrogen) atoms. The average Bonchev–Trinajstić information content (AvgIpc) is 1.67. The lowest BCUT2D eigenvalue weighted by molar-refractivity contribution is 0.0792. The van der Waals surface area contributed by atoms with E-state index in [-0.39, 0.29) is 12.5 Å². The van der Waals surface area contributed by atoms with E-state index in [1.807, 2.05) is 123 Å². The number of methoxy groups -OCH3 is 5. The van der Waals surface area contributed by atoms with Crippen LogP contribution in [0.3, 0.4) is 0 Å². The number of hydrogen-bond donors (Lipinski definition) is 2. The summed E-state index contributed by atoms with van der Waals surface area (Å²) in [5.41, 5.74) is 16.0. The van der Waals surface area contributed by atoms with Gasteiger partial charge in [-0.1, -0.05) is 0 Å². The summed E-state index contributed by atoms with van der Waals surface area (Å²) in [6, 6.07) is 35.7. The Morgan fingerprint density at radius 3 is 1.37 bits per heavy atom. The molecular weight excluding hydrogens is 1470 g/mol. The Bertz CT molecular complexity index is 5500. The van der Waals surface area contributed by atoms with Crippen molar-refractivity contribution < 1.29 is 41.1 Å². The van der Waals surface area contributed by atoms with E-state index in [4.69, 9.17) is 38.6 Å². The lowest BCUT2D eigenvalue weighted by Gasteiger charge is -2.28. The molecule has 2 N–H and O–H groups in total. The number of carbonyl (C=O) groups excluding carboxylic acids is 1. The maximum absolute atomic E-state index is 13.4. The van der Waals surface area contributed by atoms with Gasteiger partial charge in [0.2, 0.25) is 0 Å². The van der Waals surface area contributed by atoms with Gasteiger partial charge in [0.05, 0.1) is 129 Å². The molecule has 3 aliphatic rings. The second-order valence-corrected chi connectivity index (χ2v) is 32.8. The van der Waals surface area contributed by atoms with E-state index in [9.17, 15) is 17.4 Å². The normalized spacial score (nSPS) is 14.2. The Hall–Kier alpha value is -11.4. The maximum Gasteiger partial charge on any atom is 0.278 e. The number of anilines is 6. The van der Waals surface area contributed by atoms with Crippen LogP contribution in [0.1, 0.15) is 55.3 Å². The summed E-state index contributed by atoms with van der Waals surface area (Å²) < 4.78 is 75.4. The molecule has 12 aromatic rings. The first-order valence-electron chi connectivity index (χ1n) is 37.6. The lowest BCUT2D eigenvalue weighted by atomic mass is 10.1. The summed E-state index contributed by atoms with van der Waals surface area (Å²) >= 11 is 0. The summed E-state index contributed by atoms with van der Waals surface area (Å²) in [6.45, 7) is 8.32. The molecular formula is C82H98N20O9S2. The highest BCUT2D eigenvalue weighted by atomic mass is 32.2. The van der Waals surface area contributed by atoms with Gasteiger partial charge in [-0.25, -0.2) is 24.4 Å². The van der Waals surface area contributed by atoms with Gasteiger partial charge in [-0.3, -0.25) is 38.0 Å². The second-order valence-electron chi connectivity index (χ2n) is 28.5. The largest absolute Gasteiger partial charge is 0.497 e. The van der Waals surface area contributed by atoms with Crippen molar-refractivity contribution in [2.24, 2.45) is 20.0 Å². The quantitative estimate of drug-likeness (QED) is 0.0395. The molecule has 1 aliphatic carbocycles. The Labute approximate surface area is 659 Å². The molecule has 0 bridgehead atoms. The smallest absolute Gasteiger partial charge is 0.278 e. The van der Waals surface area contributed by atoms with Crippen molar-refractivity contribution in [3.8, 4) is 62.5 Å². The number of aryl methyl sites for hydroxylation is 2. The lowest BCUT2D eigenvalue weighted by Crippen LogP contribution is -2.37. The zero-order valence-corrected chi connectivity index (χ0v) is 67.3. The van der Waals surface area contributed by atoms with Gasteiger partial charge in [0, 0.05) is 207 Å². The monoisotopic (exact) mass is 1570 g/mol. The van der Waals surface area contributed by atoms with Crippen LogP contribution >= 0.6 is 0 Å². The number of likely N-dealkylation sites (tertiary alicyclic amines) is 2. The van der Waals surface area contributed by atoms with Crippen LogP contribution in [-0.2, 0) is 40.6 Å². The summed E-state index contributed by atoms with van der Waals surface area (Å²) in [6.07, 6.45) is 25.9. The molecule has 1 unspecified atom stereocenters. The third kappa shape index (κ3) is 20.5. The number of hydrogen-bond acceptors (Lipinski definition) is 22. The molecule has 592 valence electrons. The van der Waals surface area contributed by atoms with Gasteiger partial charge in [-0.05, 0) is 143 Å². The highest BCUT2D eigenvalue weighted by molar-refractivity contribution is 7.97. The number of ether oxygens (including phenoxy) is 5. The molecule has 29 nitrogen and oxygen atoms in total. The molecule has 1 saturated carbocycles. The number of aromatic nitrogens is 12. The molecule has 2 aliphatic heterocycles. The minimum Gasteiger partial charge on any atom is -0.497 e. The first kappa shape index (κ1) is 79.7. The van der Waals surface area contributed by atoms with Crippen molar-refractivity contribution in [3.63, 3.8) is 0 Å². The topological polar surface area (TPSA) is 289 Å². The maximum atomic E-state index is 13.4. The van der Waals surface area contributed by atoms with E-state index >= 15 is 0 Å². The van der Waals surface area contributed by atoms with Crippen LogP contribution in [0.5, 0.6) is 28.7 Å². The van der Waals surface area contributed by atoms with Crippen LogP contribution in [0.4, 0.5) is 34.1 Å². The number of benzene rings is 6. The number of rotatable bonds is 30. The molecule has 8 heterocycles. The first-order chi connectivity index (χ1) is 54.6. The molecule has 31 heteroatoms. The number of nitrogens with one attached hydrogen (secondary N) is 2. The van der Waals surface area contributed by atoms with Gasteiger partial charge in [-0.2, -0.15) is 28.0 Å². The first-order valence-corrected chi connectivity index (χ1v) is 41.2. The van der Waals surface area contributed by atoms with Crippen LogP contribution in [0.2, 0.25) is 0 Å². The van der Waals surface area contributed by atoms with E-state index in [0.29, 0.717) is 54.1 Å². The molecule has 0 radical (unpaired) electrons. The van der Waals surface area contributed by atoms with Crippen molar-refractivity contribution in [2.45, 2.75) is 51.5 Å². The molecule has 1 atom stereocenters. The number of nitrogens with zero attached hydrogens (tertiary/aromatic N) is 18. The zero-order chi connectivity index (χ0) is 79.3. The predicted octanol–water partition coefficient (Wildman–Crippen LogP) is 11.4. The predicted molar refractivity (Wildman–Crippen MR) is 445 cm³/mol. The number of carbonyl (C=O) groups is 1. The van der Waals surface area contributed by atoms with Gasteiger partial charge in [0.1, 0.15) is 28.7 Å². The van der Waals surface area contributed by atoms with Crippen LogP contribution in [0.15, 0.2) is 165 Å². The van der Waals surface area contributed by atoms with Gasteiger partial charge in [0.25, 0.3) is 16.1 Å². The van der Waals surface area contributed by atoms with E-state index < -0.39 is 19.9 Å². The fourth-order valence-corrected chi connectivity index (χ4v) is 14.7. The highest BCUT2D eigenvalue weighted by Gasteiger charge is 2.28. The minimum atomic E-state index is -3.48. The third-order valence-corrected chi connectivity index (χ3v) is 22.2.